The number of aromatic amines is 1. The molecule has 4 heteroatoms. The first kappa shape index (κ1) is 10.9. The SMILES string of the molecule is O=c1[nH]c(C2Cc3ccccc32)nc2c1COCC2. The van der Waals surface area contributed by atoms with Crippen molar-refractivity contribution in [3.8, 4) is 0 Å². The third-order valence-electron chi connectivity index (χ3n) is 4.03. The molecule has 19 heavy (non-hydrogen) atoms. The Hall–Kier alpha value is -1.94. The summed E-state index contributed by atoms with van der Waals surface area (Å²) in [5.41, 5.74) is 4.22. The molecule has 0 fully saturated rings. The molecule has 0 spiro atoms. The zero-order valence-electron chi connectivity index (χ0n) is 10.5. The Bertz CT molecular complexity index is 706. The van der Waals surface area contributed by atoms with Gasteiger partial charge in [-0.25, -0.2) is 4.98 Å². The molecule has 0 saturated carbocycles. The molecule has 1 N–H and O–H groups in total. The largest absolute Gasteiger partial charge is 0.376 e. The quantitative estimate of drug-likeness (QED) is 0.839. The van der Waals surface area contributed by atoms with Gasteiger partial charge in [-0.3, -0.25) is 4.79 Å². The summed E-state index contributed by atoms with van der Waals surface area (Å²) in [6.07, 6.45) is 1.70. The summed E-state index contributed by atoms with van der Waals surface area (Å²) >= 11 is 0. The van der Waals surface area contributed by atoms with E-state index in [1.807, 2.05) is 6.07 Å². The maximum Gasteiger partial charge on any atom is 0.256 e. The molecule has 1 aromatic carbocycles. The molecule has 2 aromatic rings. The summed E-state index contributed by atoms with van der Waals surface area (Å²) in [5, 5.41) is 0. The van der Waals surface area contributed by atoms with Crippen LogP contribution in [0.15, 0.2) is 29.1 Å². The molecule has 4 nitrogen and oxygen atoms in total. The second-order valence-corrected chi connectivity index (χ2v) is 5.13. The summed E-state index contributed by atoms with van der Waals surface area (Å²) in [5.74, 6) is 1.06. The molecule has 1 aromatic heterocycles. The molecule has 0 saturated heterocycles. The van der Waals surface area contributed by atoms with Gasteiger partial charge in [0.2, 0.25) is 0 Å². The van der Waals surface area contributed by atoms with Crippen LogP contribution in [-0.2, 0) is 24.2 Å². The molecular formula is C15H14N2O2. The predicted molar refractivity (Wildman–Crippen MR) is 70.2 cm³/mol. The normalized spacial score (nSPS) is 20.3. The van der Waals surface area contributed by atoms with E-state index < -0.39 is 0 Å². The lowest BCUT2D eigenvalue weighted by molar-refractivity contribution is 0.107. The molecule has 1 unspecified atom stereocenters. The maximum absolute atomic E-state index is 12.1. The summed E-state index contributed by atoms with van der Waals surface area (Å²) in [6, 6.07) is 8.34. The van der Waals surface area contributed by atoms with E-state index in [0.717, 1.165) is 24.4 Å². The minimum absolute atomic E-state index is 0.0379. The molecule has 4 rings (SSSR count). The summed E-state index contributed by atoms with van der Waals surface area (Å²) in [7, 11) is 0. The average molecular weight is 254 g/mol. The Morgan fingerprint density at radius 1 is 1.32 bits per heavy atom. The van der Waals surface area contributed by atoms with Crippen LogP contribution < -0.4 is 5.56 Å². The number of H-pyrrole nitrogens is 1. The number of rotatable bonds is 1. The minimum atomic E-state index is -0.0379. The molecule has 1 atom stereocenters. The van der Waals surface area contributed by atoms with Crippen molar-refractivity contribution >= 4 is 0 Å². The van der Waals surface area contributed by atoms with Crippen LogP contribution in [0.5, 0.6) is 0 Å². The van der Waals surface area contributed by atoms with Crippen molar-refractivity contribution in [1.29, 1.82) is 0 Å². The van der Waals surface area contributed by atoms with Gasteiger partial charge in [0.1, 0.15) is 5.82 Å². The highest BCUT2D eigenvalue weighted by atomic mass is 16.5. The van der Waals surface area contributed by atoms with E-state index in [-0.39, 0.29) is 11.5 Å². The van der Waals surface area contributed by atoms with Crippen LogP contribution in [0.2, 0.25) is 0 Å². The molecular weight excluding hydrogens is 240 g/mol. The van der Waals surface area contributed by atoms with Gasteiger partial charge in [0.05, 0.1) is 24.5 Å². The third-order valence-corrected chi connectivity index (χ3v) is 4.03. The van der Waals surface area contributed by atoms with E-state index in [4.69, 9.17) is 4.74 Å². The van der Waals surface area contributed by atoms with Gasteiger partial charge in [0, 0.05) is 12.3 Å². The lowest BCUT2D eigenvalue weighted by Crippen LogP contribution is -2.29. The van der Waals surface area contributed by atoms with Crippen molar-refractivity contribution in [3.05, 3.63) is 62.8 Å². The van der Waals surface area contributed by atoms with Crippen LogP contribution in [0.4, 0.5) is 0 Å². The fraction of sp³-hybridized carbons (Fsp3) is 0.333. The standard InChI is InChI=1S/C15H14N2O2/c18-15-12-8-19-6-5-13(12)16-14(17-15)11-7-9-3-1-2-4-10(9)11/h1-4,11H,5-8H2,(H,16,17,18). The lowest BCUT2D eigenvalue weighted by atomic mass is 9.77. The summed E-state index contributed by atoms with van der Waals surface area (Å²) in [4.78, 5) is 19.7. The predicted octanol–water partition coefficient (Wildman–Crippen LogP) is 1.53. The Kier molecular flexibility index (Phi) is 2.32. The number of aromatic nitrogens is 2. The van der Waals surface area contributed by atoms with Gasteiger partial charge in [-0.15, -0.1) is 0 Å². The van der Waals surface area contributed by atoms with Gasteiger partial charge in [-0.05, 0) is 17.5 Å². The molecule has 2 heterocycles. The molecule has 96 valence electrons. The van der Waals surface area contributed by atoms with Crippen molar-refractivity contribution in [2.75, 3.05) is 6.61 Å². The number of fused-ring (bicyclic) bond motifs is 2. The monoisotopic (exact) mass is 254 g/mol. The van der Waals surface area contributed by atoms with E-state index in [9.17, 15) is 4.79 Å². The Balaban J connectivity index is 1.78. The zero-order chi connectivity index (χ0) is 12.8. The number of hydrogen-bond donors (Lipinski definition) is 1. The van der Waals surface area contributed by atoms with E-state index in [2.05, 4.69) is 28.2 Å². The fourth-order valence-electron chi connectivity index (χ4n) is 2.93. The number of nitrogens with one attached hydrogen (secondary N) is 1. The summed E-state index contributed by atoms with van der Waals surface area (Å²) in [6.45, 7) is 1.04. The van der Waals surface area contributed by atoms with Gasteiger partial charge in [0.15, 0.2) is 0 Å². The number of ether oxygens (including phenoxy) is 1. The topological polar surface area (TPSA) is 55.0 Å². The van der Waals surface area contributed by atoms with Crippen LogP contribution in [0.1, 0.15) is 34.1 Å². The van der Waals surface area contributed by atoms with Crippen molar-refractivity contribution in [3.63, 3.8) is 0 Å². The Labute approximate surface area is 110 Å². The highest BCUT2D eigenvalue weighted by Crippen LogP contribution is 2.38. The van der Waals surface area contributed by atoms with Crippen LogP contribution >= 0.6 is 0 Å². The molecule has 2 aliphatic rings. The smallest absolute Gasteiger partial charge is 0.256 e. The van der Waals surface area contributed by atoms with E-state index in [1.165, 1.54) is 11.1 Å². The van der Waals surface area contributed by atoms with Gasteiger partial charge in [-0.1, -0.05) is 24.3 Å². The molecule has 1 aliphatic carbocycles. The average Bonchev–Trinajstić information content (AvgIpc) is 2.40. The Morgan fingerprint density at radius 3 is 3.11 bits per heavy atom. The van der Waals surface area contributed by atoms with E-state index in [0.29, 0.717) is 18.8 Å². The number of hydrogen-bond acceptors (Lipinski definition) is 3. The van der Waals surface area contributed by atoms with Crippen molar-refractivity contribution in [1.82, 2.24) is 9.97 Å². The number of benzene rings is 1. The van der Waals surface area contributed by atoms with Gasteiger partial charge in [0.25, 0.3) is 5.56 Å². The summed E-state index contributed by atoms with van der Waals surface area (Å²) < 4.78 is 5.31. The second kappa shape index (κ2) is 4.03. The molecule has 0 bridgehead atoms. The minimum Gasteiger partial charge on any atom is -0.376 e. The second-order valence-electron chi connectivity index (χ2n) is 5.13. The highest BCUT2D eigenvalue weighted by molar-refractivity contribution is 5.44. The zero-order valence-corrected chi connectivity index (χ0v) is 10.5. The molecule has 0 radical (unpaired) electrons. The van der Waals surface area contributed by atoms with Crippen molar-refractivity contribution in [2.45, 2.75) is 25.4 Å². The highest BCUT2D eigenvalue weighted by Gasteiger charge is 2.30. The van der Waals surface area contributed by atoms with Gasteiger partial charge >= 0.3 is 0 Å². The Morgan fingerprint density at radius 2 is 2.21 bits per heavy atom. The van der Waals surface area contributed by atoms with Crippen LogP contribution in [0.25, 0.3) is 0 Å². The maximum atomic E-state index is 12.1. The van der Waals surface area contributed by atoms with Crippen LogP contribution in [0.3, 0.4) is 0 Å². The van der Waals surface area contributed by atoms with Gasteiger partial charge in [-0.2, -0.15) is 0 Å². The number of nitrogens with zero attached hydrogens (tertiary/aromatic N) is 1. The van der Waals surface area contributed by atoms with Crippen LogP contribution in [-0.4, -0.2) is 16.6 Å². The lowest BCUT2D eigenvalue weighted by Gasteiger charge is -2.29. The first-order valence-corrected chi connectivity index (χ1v) is 6.60. The fourth-order valence-corrected chi connectivity index (χ4v) is 2.93. The molecule has 0 amide bonds. The van der Waals surface area contributed by atoms with Gasteiger partial charge < -0.3 is 9.72 Å². The van der Waals surface area contributed by atoms with E-state index >= 15 is 0 Å². The van der Waals surface area contributed by atoms with Crippen molar-refractivity contribution in [2.24, 2.45) is 0 Å². The first-order chi connectivity index (χ1) is 9.33. The first-order valence-electron chi connectivity index (χ1n) is 6.60. The van der Waals surface area contributed by atoms with E-state index in [1.54, 1.807) is 0 Å². The van der Waals surface area contributed by atoms with Crippen molar-refractivity contribution < 1.29 is 4.74 Å². The third kappa shape index (κ3) is 1.64. The van der Waals surface area contributed by atoms with Crippen LogP contribution in [0, 0.1) is 0 Å². The molecule has 1 aliphatic heterocycles.